The smallest absolute Gasteiger partial charge is 0.335 e. The highest BCUT2D eigenvalue weighted by Gasteiger charge is 2.25. The zero-order valence-corrected chi connectivity index (χ0v) is 12.0. The summed E-state index contributed by atoms with van der Waals surface area (Å²) in [6.07, 6.45) is 3.62. The maximum atomic E-state index is 12.2. The normalized spacial score (nSPS) is 15.0. The summed E-state index contributed by atoms with van der Waals surface area (Å²) in [7, 11) is 0. The Hall–Kier alpha value is -3.34. The molecule has 5 nitrogen and oxygen atoms in total. The lowest BCUT2D eigenvalue weighted by Gasteiger charge is -2.00. The molecule has 1 aliphatic rings. The zero-order chi connectivity index (χ0) is 16.0. The van der Waals surface area contributed by atoms with E-state index in [2.05, 4.69) is 10.3 Å². The molecule has 3 N–H and O–H groups in total. The van der Waals surface area contributed by atoms with Crippen LogP contribution in [0.1, 0.15) is 21.5 Å². The Labute approximate surface area is 131 Å². The van der Waals surface area contributed by atoms with Crippen LogP contribution < -0.4 is 5.32 Å². The van der Waals surface area contributed by atoms with Crippen LogP contribution in [-0.2, 0) is 4.79 Å². The van der Waals surface area contributed by atoms with Gasteiger partial charge in [0.1, 0.15) is 0 Å². The van der Waals surface area contributed by atoms with Gasteiger partial charge in [-0.15, -0.1) is 0 Å². The topological polar surface area (TPSA) is 82.2 Å². The molecule has 0 unspecified atom stereocenters. The Bertz CT molecular complexity index is 998. The third kappa shape index (κ3) is 2.10. The van der Waals surface area contributed by atoms with Crippen LogP contribution in [0.2, 0.25) is 0 Å². The Kier molecular flexibility index (Phi) is 2.81. The average molecular weight is 304 g/mol. The molecule has 2 aromatic carbocycles. The number of amides is 1. The van der Waals surface area contributed by atoms with Crippen LogP contribution >= 0.6 is 0 Å². The van der Waals surface area contributed by atoms with Crippen LogP contribution in [0.5, 0.6) is 0 Å². The van der Waals surface area contributed by atoms with Crippen molar-refractivity contribution in [2.45, 2.75) is 0 Å². The van der Waals surface area contributed by atoms with E-state index in [0.29, 0.717) is 16.8 Å². The van der Waals surface area contributed by atoms with E-state index < -0.39 is 5.97 Å². The highest BCUT2D eigenvalue weighted by molar-refractivity contribution is 6.35. The Morgan fingerprint density at radius 2 is 1.96 bits per heavy atom. The minimum atomic E-state index is -1.02. The standard InChI is InChI=1S/C18H12N2O3/c21-17-14(8-11-9-19-15-4-2-1-3-12(11)15)13-7-10(18(22)23)5-6-16(13)20-17/h1-9,19H,(H,20,21)(H,22,23). The third-order valence-electron chi connectivity index (χ3n) is 3.97. The number of hydrogen-bond acceptors (Lipinski definition) is 2. The van der Waals surface area contributed by atoms with Crippen LogP contribution in [0, 0.1) is 0 Å². The number of aromatic carboxylic acids is 1. The summed E-state index contributed by atoms with van der Waals surface area (Å²) >= 11 is 0. The second-order valence-corrected chi connectivity index (χ2v) is 5.37. The van der Waals surface area contributed by atoms with Gasteiger partial charge in [-0.1, -0.05) is 18.2 Å². The molecule has 4 rings (SSSR count). The molecule has 0 radical (unpaired) electrons. The second-order valence-electron chi connectivity index (χ2n) is 5.37. The first-order valence-corrected chi connectivity index (χ1v) is 7.10. The van der Waals surface area contributed by atoms with E-state index in [0.717, 1.165) is 16.5 Å². The molecule has 2 heterocycles. The van der Waals surface area contributed by atoms with Crippen LogP contribution in [0.25, 0.3) is 22.6 Å². The van der Waals surface area contributed by atoms with Gasteiger partial charge in [0.15, 0.2) is 0 Å². The molecular formula is C18H12N2O3. The van der Waals surface area contributed by atoms with Gasteiger partial charge >= 0.3 is 5.97 Å². The average Bonchev–Trinajstić information content (AvgIpc) is 3.09. The molecule has 5 heteroatoms. The van der Waals surface area contributed by atoms with E-state index in [9.17, 15) is 9.59 Å². The van der Waals surface area contributed by atoms with E-state index in [1.807, 2.05) is 30.5 Å². The summed E-state index contributed by atoms with van der Waals surface area (Å²) < 4.78 is 0. The maximum absolute atomic E-state index is 12.2. The SMILES string of the molecule is O=C1Nc2ccc(C(=O)O)cc2C1=Cc1c[nH]c2ccccc12. The zero-order valence-electron chi connectivity index (χ0n) is 12.0. The fourth-order valence-corrected chi connectivity index (χ4v) is 2.83. The Morgan fingerprint density at radius 3 is 2.78 bits per heavy atom. The van der Waals surface area contributed by atoms with Crippen molar-refractivity contribution in [2.75, 3.05) is 5.32 Å². The molecule has 0 spiro atoms. The molecule has 0 bridgehead atoms. The lowest BCUT2D eigenvalue weighted by atomic mass is 10.0. The van der Waals surface area contributed by atoms with Crippen molar-refractivity contribution in [2.24, 2.45) is 0 Å². The number of carbonyl (C=O) groups excluding carboxylic acids is 1. The number of benzene rings is 2. The molecule has 0 atom stereocenters. The number of anilines is 1. The van der Waals surface area contributed by atoms with Crippen molar-refractivity contribution in [3.05, 3.63) is 65.4 Å². The molecule has 0 saturated carbocycles. The van der Waals surface area contributed by atoms with Crippen molar-refractivity contribution >= 4 is 40.1 Å². The van der Waals surface area contributed by atoms with Crippen LogP contribution in [0.4, 0.5) is 5.69 Å². The van der Waals surface area contributed by atoms with E-state index in [1.165, 1.54) is 12.1 Å². The Balaban J connectivity index is 1.88. The van der Waals surface area contributed by atoms with Crippen LogP contribution in [0.3, 0.4) is 0 Å². The molecule has 23 heavy (non-hydrogen) atoms. The second kappa shape index (κ2) is 4.84. The minimum Gasteiger partial charge on any atom is -0.478 e. The number of aromatic amines is 1. The number of carboxylic acids is 1. The highest BCUT2D eigenvalue weighted by Crippen LogP contribution is 2.34. The first-order valence-electron chi connectivity index (χ1n) is 7.10. The molecule has 1 aliphatic heterocycles. The summed E-state index contributed by atoms with van der Waals surface area (Å²) in [5, 5.41) is 12.9. The maximum Gasteiger partial charge on any atom is 0.335 e. The first-order chi connectivity index (χ1) is 11.1. The number of para-hydroxylation sites is 1. The number of H-pyrrole nitrogens is 1. The predicted molar refractivity (Wildman–Crippen MR) is 88.2 cm³/mol. The fourth-order valence-electron chi connectivity index (χ4n) is 2.83. The summed E-state index contributed by atoms with van der Waals surface area (Å²) in [5.74, 6) is -1.24. The summed E-state index contributed by atoms with van der Waals surface area (Å²) in [5.41, 5.74) is 3.74. The molecule has 3 aromatic rings. The molecule has 1 amide bonds. The summed E-state index contributed by atoms with van der Waals surface area (Å²) in [6, 6.07) is 12.4. The van der Waals surface area contributed by atoms with E-state index in [-0.39, 0.29) is 11.5 Å². The van der Waals surface area contributed by atoms with Gasteiger partial charge in [-0.2, -0.15) is 0 Å². The molecule has 0 fully saturated rings. The summed E-state index contributed by atoms with van der Waals surface area (Å²) in [6.45, 7) is 0. The lowest BCUT2D eigenvalue weighted by Crippen LogP contribution is -2.03. The van der Waals surface area contributed by atoms with Gasteiger partial charge in [0.2, 0.25) is 0 Å². The number of carbonyl (C=O) groups is 2. The van der Waals surface area contributed by atoms with Gasteiger partial charge in [-0.3, -0.25) is 4.79 Å². The van der Waals surface area contributed by atoms with Gasteiger partial charge < -0.3 is 15.4 Å². The fraction of sp³-hybridized carbons (Fsp3) is 0. The Morgan fingerprint density at radius 1 is 1.13 bits per heavy atom. The van der Waals surface area contributed by atoms with Crippen molar-refractivity contribution in [3.8, 4) is 0 Å². The van der Waals surface area contributed by atoms with E-state index >= 15 is 0 Å². The van der Waals surface area contributed by atoms with Gasteiger partial charge in [0.25, 0.3) is 5.91 Å². The minimum absolute atomic E-state index is 0.157. The lowest BCUT2D eigenvalue weighted by molar-refractivity contribution is -0.110. The van der Waals surface area contributed by atoms with E-state index in [1.54, 1.807) is 12.1 Å². The molecule has 0 saturated heterocycles. The van der Waals surface area contributed by atoms with Gasteiger partial charge in [-0.05, 0) is 30.3 Å². The first kappa shape index (κ1) is 13.3. The summed E-state index contributed by atoms with van der Waals surface area (Å²) in [4.78, 5) is 26.5. The molecule has 1 aromatic heterocycles. The van der Waals surface area contributed by atoms with Crippen molar-refractivity contribution in [3.63, 3.8) is 0 Å². The largest absolute Gasteiger partial charge is 0.478 e. The predicted octanol–water partition coefficient (Wildman–Crippen LogP) is 3.36. The van der Waals surface area contributed by atoms with Crippen molar-refractivity contribution in [1.29, 1.82) is 0 Å². The number of hydrogen-bond donors (Lipinski definition) is 3. The van der Waals surface area contributed by atoms with Crippen molar-refractivity contribution < 1.29 is 14.7 Å². The third-order valence-corrected chi connectivity index (χ3v) is 3.97. The van der Waals surface area contributed by atoms with Crippen molar-refractivity contribution in [1.82, 2.24) is 4.98 Å². The van der Waals surface area contributed by atoms with Gasteiger partial charge in [0, 0.05) is 39.5 Å². The van der Waals surface area contributed by atoms with Gasteiger partial charge in [-0.25, -0.2) is 4.79 Å². The van der Waals surface area contributed by atoms with E-state index in [4.69, 9.17) is 5.11 Å². The number of nitrogens with one attached hydrogen (secondary N) is 2. The molecule has 112 valence electrons. The number of rotatable bonds is 2. The number of fused-ring (bicyclic) bond motifs is 2. The number of carboxylic acid groups (broad SMARTS) is 1. The van der Waals surface area contributed by atoms with Crippen LogP contribution in [-0.4, -0.2) is 22.0 Å². The number of aromatic nitrogens is 1. The molecular weight excluding hydrogens is 292 g/mol. The quantitative estimate of drug-likeness (QED) is 0.635. The monoisotopic (exact) mass is 304 g/mol. The molecule has 0 aliphatic carbocycles. The highest BCUT2D eigenvalue weighted by atomic mass is 16.4. The van der Waals surface area contributed by atoms with Crippen LogP contribution in [0.15, 0.2) is 48.7 Å². The van der Waals surface area contributed by atoms with Gasteiger partial charge in [0.05, 0.1) is 5.56 Å².